The van der Waals surface area contributed by atoms with E-state index >= 15 is 0 Å². The van der Waals surface area contributed by atoms with Crippen LogP contribution < -0.4 is 0 Å². The molecule has 1 saturated carbocycles. The fraction of sp³-hybridized carbons (Fsp3) is 0.600. The van der Waals surface area contributed by atoms with Crippen molar-refractivity contribution in [2.24, 2.45) is 5.92 Å². The van der Waals surface area contributed by atoms with Gasteiger partial charge < -0.3 is 10.0 Å². The first-order valence-corrected chi connectivity index (χ1v) is 7.03. The first kappa shape index (κ1) is 13.9. The first-order valence-electron chi connectivity index (χ1n) is 6.65. The van der Waals surface area contributed by atoms with Crippen LogP contribution in [0.4, 0.5) is 0 Å². The van der Waals surface area contributed by atoms with Crippen LogP contribution in [-0.2, 0) is 5.60 Å². The maximum Gasteiger partial charge on any atom is 0.0937 e. The molecule has 1 aromatic rings. The summed E-state index contributed by atoms with van der Waals surface area (Å²) in [6, 6.07) is 7.70. The van der Waals surface area contributed by atoms with Crippen LogP contribution in [0.3, 0.4) is 0 Å². The van der Waals surface area contributed by atoms with Gasteiger partial charge in [0.05, 0.1) is 5.60 Å². The Kier molecular flexibility index (Phi) is 4.31. The molecule has 0 heterocycles. The van der Waals surface area contributed by atoms with E-state index in [0.29, 0.717) is 10.9 Å². The molecule has 0 spiro atoms. The third-order valence-corrected chi connectivity index (χ3v) is 4.18. The molecule has 2 atom stereocenters. The zero-order valence-electron chi connectivity index (χ0n) is 11.2. The van der Waals surface area contributed by atoms with Gasteiger partial charge in [-0.1, -0.05) is 36.6 Å². The van der Waals surface area contributed by atoms with Crippen molar-refractivity contribution in [3.8, 4) is 0 Å². The van der Waals surface area contributed by atoms with Crippen molar-refractivity contribution in [2.45, 2.75) is 31.3 Å². The summed E-state index contributed by atoms with van der Waals surface area (Å²) in [5.41, 5.74) is 0.259. The van der Waals surface area contributed by atoms with Crippen molar-refractivity contribution in [3.05, 3.63) is 34.9 Å². The Morgan fingerprint density at radius 1 is 1.39 bits per heavy atom. The summed E-state index contributed by atoms with van der Waals surface area (Å²) >= 11 is 6.06. The fourth-order valence-electron chi connectivity index (χ4n) is 3.05. The van der Waals surface area contributed by atoms with E-state index in [1.54, 1.807) is 0 Å². The van der Waals surface area contributed by atoms with Gasteiger partial charge in [0.1, 0.15) is 0 Å². The molecular formula is C15H22ClNO. The Balaban J connectivity index is 2.29. The Morgan fingerprint density at radius 2 is 2.17 bits per heavy atom. The zero-order chi connectivity index (χ0) is 13.2. The van der Waals surface area contributed by atoms with E-state index in [2.05, 4.69) is 19.0 Å². The lowest BCUT2D eigenvalue weighted by molar-refractivity contribution is -0.0618. The molecule has 3 heteroatoms. The highest BCUT2D eigenvalue weighted by Crippen LogP contribution is 2.42. The molecule has 0 radical (unpaired) electrons. The Bertz CT molecular complexity index is 407. The van der Waals surface area contributed by atoms with Crippen molar-refractivity contribution >= 4 is 11.6 Å². The van der Waals surface area contributed by atoms with E-state index in [1.807, 2.05) is 24.3 Å². The number of halogens is 1. The number of hydrogen-bond acceptors (Lipinski definition) is 2. The van der Waals surface area contributed by atoms with Gasteiger partial charge in [0.2, 0.25) is 0 Å². The number of aliphatic hydroxyl groups is 1. The maximum absolute atomic E-state index is 11.1. The molecule has 0 unspecified atom stereocenters. The minimum atomic E-state index is -0.715. The lowest BCUT2D eigenvalue weighted by atomic mass is 9.71. The summed E-state index contributed by atoms with van der Waals surface area (Å²) in [4.78, 5) is 2.16. The third kappa shape index (κ3) is 2.87. The topological polar surface area (TPSA) is 23.5 Å². The highest BCUT2D eigenvalue weighted by molar-refractivity contribution is 6.30. The molecule has 2 rings (SSSR count). The monoisotopic (exact) mass is 267 g/mol. The van der Waals surface area contributed by atoms with Crippen molar-refractivity contribution in [1.29, 1.82) is 0 Å². The molecule has 0 aromatic heterocycles. The van der Waals surface area contributed by atoms with Crippen LogP contribution in [0.1, 0.15) is 31.2 Å². The largest absolute Gasteiger partial charge is 0.385 e. The SMILES string of the molecule is CN(C)C[C@@H]1CCCC[C@]1(O)c1cccc(Cl)c1. The van der Waals surface area contributed by atoms with Gasteiger partial charge in [0.25, 0.3) is 0 Å². The molecule has 0 aliphatic heterocycles. The Hall–Kier alpha value is -0.570. The number of nitrogens with zero attached hydrogens (tertiary/aromatic N) is 1. The second-order valence-corrected chi connectivity index (χ2v) is 6.08. The predicted octanol–water partition coefficient (Wildman–Crippen LogP) is 3.28. The molecule has 0 amide bonds. The normalized spacial score (nSPS) is 28.6. The summed E-state index contributed by atoms with van der Waals surface area (Å²) in [6.45, 7) is 0.920. The molecule has 18 heavy (non-hydrogen) atoms. The van der Waals surface area contributed by atoms with Gasteiger partial charge in [-0.2, -0.15) is 0 Å². The van der Waals surface area contributed by atoms with E-state index < -0.39 is 5.60 Å². The number of hydrogen-bond donors (Lipinski definition) is 1. The van der Waals surface area contributed by atoms with Crippen LogP contribution in [-0.4, -0.2) is 30.6 Å². The van der Waals surface area contributed by atoms with E-state index in [1.165, 1.54) is 6.42 Å². The molecule has 1 aromatic carbocycles. The molecule has 0 bridgehead atoms. The average molecular weight is 268 g/mol. The predicted molar refractivity (Wildman–Crippen MR) is 75.9 cm³/mol. The third-order valence-electron chi connectivity index (χ3n) is 3.95. The minimum absolute atomic E-state index is 0.291. The van der Waals surface area contributed by atoms with Crippen LogP contribution in [0, 0.1) is 5.92 Å². The van der Waals surface area contributed by atoms with E-state index in [0.717, 1.165) is 31.4 Å². The van der Waals surface area contributed by atoms with Gasteiger partial charge in [0, 0.05) is 17.5 Å². The van der Waals surface area contributed by atoms with Crippen LogP contribution in [0.2, 0.25) is 5.02 Å². The molecule has 0 saturated heterocycles. The van der Waals surface area contributed by atoms with E-state index in [-0.39, 0.29) is 0 Å². The zero-order valence-corrected chi connectivity index (χ0v) is 12.0. The smallest absolute Gasteiger partial charge is 0.0937 e. The Labute approximate surface area is 115 Å². The maximum atomic E-state index is 11.1. The highest BCUT2D eigenvalue weighted by atomic mass is 35.5. The molecular weight excluding hydrogens is 246 g/mol. The van der Waals surface area contributed by atoms with Crippen LogP contribution in [0.15, 0.2) is 24.3 Å². The van der Waals surface area contributed by atoms with Gasteiger partial charge in [-0.3, -0.25) is 0 Å². The van der Waals surface area contributed by atoms with Gasteiger partial charge in [-0.25, -0.2) is 0 Å². The molecule has 1 aliphatic rings. The van der Waals surface area contributed by atoms with Gasteiger partial charge in [-0.15, -0.1) is 0 Å². The van der Waals surface area contributed by atoms with Crippen molar-refractivity contribution in [1.82, 2.24) is 4.90 Å². The summed E-state index contributed by atoms with van der Waals surface area (Å²) in [5.74, 6) is 0.291. The second kappa shape index (κ2) is 5.60. The molecule has 2 nitrogen and oxygen atoms in total. The van der Waals surface area contributed by atoms with Gasteiger partial charge in [-0.05, 0) is 44.6 Å². The Morgan fingerprint density at radius 3 is 2.83 bits per heavy atom. The van der Waals surface area contributed by atoms with Crippen LogP contribution >= 0.6 is 11.6 Å². The van der Waals surface area contributed by atoms with Gasteiger partial charge >= 0.3 is 0 Å². The summed E-state index contributed by atoms with van der Waals surface area (Å²) in [5, 5.41) is 11.8. The number of rotatable bonds is 3. The van der Waals surface area contributed by atoms with E-state index in [4.69, 9.17) is 11.6 Å². The first-order chi connectivity index (χ1) is 8.52. The molecule has 1 aliphatic carbocycles. The highest BCUT2D eigenvalue weighted by Gasteiger charge is 2.40. The summed E-state index contributed by atoms with van der Waals surface area (Å²) in [7, 11) is 4.12. The summed E-state index contributed by atoms with van der Waals surface area (Å²) in [6.07, 6.45) is 4.22. The standard InChI is InChI=1S/C15H22ClNO/c1-17(2)11-13-6-3-4-9-15(13,18)12-7-5-8-14(16)10-12/h5,7-8,10,13,18H,3-4,6,9,11H2,1-2H3/t13-,15-/m0/s1. The lowest BCUT2D eigenvalue weighted by Gasteiger charge is -2.41. The van der Waals surface area contributed by atoms with Crippen LogP contribution in [0.25, 0.3) is 0 Å². The lowest BCUT2D eigenvalue weighted by Crippen LogP contribution is -2.43. The summed E-state index contributed by atoms with van der Waals surface area (Å²) < 4.78 is 0. The molecule has 100 valence electrons. The molecule has 1 fully saturated rings. The average Bonchev–Trinajstić information content (AvgIpc) is 2.32. The van der Waals surface area contributed by atoms with Crippen molar-refractivity contribution in [2.75, 3.05) is 20.6 Å². The fourth-order valence-corrected chi connectivity index (χ4v) is 3.24. The van der Waals surface area contributed by atoms with Crippen molar-refractivity contribution < 1.29 is 5.11 Å². The second-order valence-electron chi connectivity index (χ2n) is 5.64. The quantitative estimate of drug-likeness (QED) is 0.909. The minimum Gasteiger partial charge on any atom is -0.385 e. The van der Waals surface area contributed by atoms with E-state index in [9.17, 15) is 5.11 Å². The van der Waals surface area contributed by atoms with Gasteiger partial charge in [0.15, 0.2) is 0 Å². The molecule has 1 N–H and O–H groups in total. The number of benzene rings is 1. The van der Waals surface area contributed by atoms with Crippen molar-refractivity contribution in [3.63, 3.8) is 0 Å². The van der Waals surface area contributed by atoms with Crippen LogP contribution in [0.5, 0.6) is 0 Å².